The Hall–Kier alpha value is -4.14. The molecule has 0 radical (unpaired) electrons. The van der Waals surface area contributed by atoms with Crippen LogP contribution in [0.2, 0.25) is 0 Å². The lowest BCUT2D eigenvalue weighted by Gasteiger charge is -1.97. The van der Waals surface area contributed by atoms with Crippen LogP contribution < -0.4 is 0 Å². The van der Waals surface area contributed by atoms with E-state index in [-0.39, 0.29) is 0 Å². The molecule has 5 rings (SSSR count). The Morgan fingerprint density at radius 3 is 2.00 bits per heavy atom. The van der Waals surface area contributed by atoms with Crippen molar-refractivity contribution in [3.05, 3.63) is 90.6 Å². The lowest BCUT2D eigenvalue weighted by atomic mass is 10.2. The van der Waals surface area contributed by atoms with Crippen molar-refractivity contribution in [3.63, 3.8) is 0 Å². The van der Waals surface area contributed by atoms with Crippen molar-refractivity contribution in [3.8, 4) is 16.9 Å². The van der Waals surface area contributed by atoms with E-state index in [0.29, 0.717) is 13.1 Å². The van der Waals surface area contributed by atoms with Crippen LogP contribution in [-0.4, -0.2) is 45.0 Å². The molecule has 0 aliphatic rings. The smallest absolute Gasteiger partial charge is 0.113 e. The largest absolute Gasteiger partial charge is 0.246 e. The Bertz CT molecular complexity index is 1110. The minimum atomic E-state index is 0.493. The lowest BCUT2D eigenvalue weighted by Crippen LogP contribution is -2.01. The van der Waals surface area contributed by atoms with Gasteiger partial charge in [0.25, 0.3) is 0 Å². The van der Waals surface area contributed by atoms with Gasteiger partial charge in [-0.2, -0.15) is 0 Å². The number of hydrogen-bond acceptors (Lipinski definition) is 6. The topological polar surface area (TPSA) is 92.1 Å². The molecule has 0 fully saturated rings. The first-order valence-electron chi connectivity index (χ1n) is 9.15. The molecule has 0 aliphatic heterocycles. The summed E-state index contributed by atoms with van der Waals surface area (Å²) in [6.07, 6.45) is 5.67. The van der Waals surface area contributed by atoms with Crippen molar-refractivity contribution in [2.45, 2.75) is 13.1 Å². The Kier molecular flexibility index (Phi) is 4.38. The molecule has 0 amide bonds. The van der Waals surface area contributed by atoms with Crippen molar-refractivity contribution >= 4 is 0 Å². The van der Waals surface area contributed by atoms with Crippen LogP contribution in [0.3, 0.4) is 0 Å². The monoisotopic (exact) mass is 383 g/mol. The summed E-state index contributed by atoms with van der Waals surface area (Å²) in [6, 6.07) is 19.8. The van der Waals surface area contributed by atoms with Crippen molar-refractivity contribution in [2.75, 3.05) is 0 Å². The minimum absolute atomic E-state index is 0.493. The zero-order chi connectivity index (χ0) is 19.5. The van der Waals surface area contributed by atoms with E-state index in [1.807, 2.05) is 79.3 Å². The molecule has 0 atom stereocenters. The summed E-state index contributed by atoms with van der Waals surface area (Å²) in [4.78, 5) is 0. The van der Waals surface area contributed by atoms with E-state index in [1.54, 1.807) is 14.0 Å². The first kappa shape index (κ1) is 17.0. The van der Waals surface area contributed by atoms with Gasteiger partial charge in [0, 0.05) is 5.56 Å². The molecule has 0 N–H and O–H groups in total. The van der Waals surface area contributed by atoms with Gasteiger partial charge in [-0.3, -0.25) is 0 Å². The molecule has 0 saturated carbocycles. The standard InChI is InChI=1S/C20H17N9/c1-3-7-16(8-4-1)20-15-28(25-23-20)12-17-11-27(24-21-17)13-18-14-29(26-22-18)19-9-5-2-6-10-19/h1-11,14-15H,12-13H2. The Morgan fingerprint density at radius 2 is 1.21 bits per heavy atom. The highest BCUT2D eigenvalue weighted by atomic mass is 15.5. The van der Waals surface area contributed by atoms with Gasteiger partial charge < -0.3 is 0 Å². The third kappa shape index (κ3) is 3.79. The number of benzene rings is 2. The molecular formula is C20H17N9. The van der Waals surface area contributed by atoms with Crippen LogP contribution in [0.4, 0.5) is 0 Å². The fraction of sp³-hybridized carbons (Fsp3) is 0.100. The molecule has 2 aromatic carbocycles. The molecule has 0 saturated heterocycles. The van der Waals surface area contributed by atoms with Gasteiger partial charge in [-0.05, 0) is 12.1 Å². The zero-order valence-corrected chi connectivity index (χ0v) is 15.4. The number of hydrogen-bond donors (Lipinski definition) is 0. The van der Waals surface area contributed by atoms with Crippen molar-refractivity contribution in [1.29, 1.82) is 0 Å². The second-order valence-corrected chi connectivity index (χ2v) is 6.56. The maximum Gasteiger partial charge on any atom is 0.113 e. The molecule has 5 aromatic rings. The van der Waals surface area contributed by atoms with E-state index in [9.17, 15) is 0 Å². The summed E-state index contributed by atoms with van der Waals surface area (Å²) in [5, 5.41) is 25.2. The predicted octanol–water partition coefficient (Wildman–Crippen LogP) is 2.21. The van der Waals surface area contributed by atoms with Crippen LogP contribution in [0.25, 0.3) is 16.9 Å². The molecular weight excluding hydrogens is 366 g/mol. The van der Waals surface area contributed by atoms with Gasteiger partial charge in [-0.25, -0.2) is 14.0 Å². The maximum absolute atomic E-state index is 4.23. The number of aromatic nitrogens is 9. The van der Waals surface area contributed by atoms with Crippen molar-refractivity contribution < 1.29 is 0 Å². The normalized spacial score (nSPS) is 11.0. The first-order valence-corrected chi connectivity index (χ1v) is 9.15. The average molecular weight is 383 g/mol. The number of para-hydroxylation sites is 1. The zero-order valence-electron chi connectivity index (χ0n) is 15.4. The van der Waals surface area contributed by atoms with Crippen LogP contribution in [0.1, 0.15) is 11.4 Å². The Balaban J connectivity index is 1.26. The summed E-state index contributed by atoms with van der Waals surface area (Å²) in [5.41, 5.74) is 4.42. The van der Waals surface area contributed by atoms with Gasteiger partial charge >= 0.3 is 0 Å². The molecule has 3 aromatic heterocycles. The highest BCUT2D eigenvalue weighted by Crippen LogP contribution is 2.15. The van der Waals surface area contributed by atoms with E-state index in [1.165, 1.54) is 0 Å². The molecule has 0 spiro atoms. The van der Waals surface area contributed by atoms with Gasteiger partial charge in [0.1, 0.15) is 17.1 Å². The second-order valence-electron chi connectivity index (χ2n) is 6.56. The third-order valence-electron chi connectivity index (χ3n) is 4.40. The molecule has 0 bridgehead atoms. The summed E-state index contributed by atoms with van der Waals surface area (Å²) in [6.45, 7) is 0.989. The molecule has 142 valence electrons. The predicted molar refractivity (Wildman–Crippen MR) is 105 cm³/mol. The molecule has 0 aliphatic carbocycles. The molecule has 0 unspecified atom stereocenters. The highest BCUT2D eigenvalue weighted by molar-refractivity contribution is 5.57. The SMILES string of the molecule is c1ccc(-c2cn(Cc3cn(Cc4cn(-c5ccccc5)nn4)nn3)nn2)cc1. The third-order valence-corrected chi connectivity index (χ3v) is 4.40. The average Bonchev–Trinajstić information content (AvgIpc) is 3.52. The van der Waals surface area contributed by atoms with Crippen molar-refractivity contribution in [1.82, 2.24) is 45.0 Å². The van der Waals surface area contributed by atoms with Crippen LogP contribution in [0.5, 0.6) is 0 Å². The van der Waals surface area contributed by atoms with E-state index in [4.69, 9.17) is 0 Å². The highest BCUT2D eigenvalue weighted by Gasteiger charge is 2.08. The van der Waals surface area contributed by atoms with Gasteiger partial charge in [0.05, 0.1) is 37.4 Å². The fourth-order valence-electron chi connectivity index (χ4n) is 3.01. The molecule has 9 heteroatoms. The summed E-state index contributed by atoms with van der Waals surface area (Å²) in [7, 11) is 0. The second kappa shape index (κ2) is 7.47. The van der Waals surface area contributed by atoms with Crippen LogP contribution in [-0.2, 0) is 13.1 Å². The van der Waals surface area contributed by atoms with Crippen LogP contribution in [0.15, 0.2) is 79.3 Å². The van der Waals surface area contributed by atoms with Gasteiger partial charge in [-0.1, -0.05) is 64.2 Å². The summed E-state index contributed by atoms with van der Waals surface area (Å²) < 4.78 is 5.24. The molecule has 9 nitrogen and oxygen atoms in total. The van der Waals surface area contributed by atoms with Gasteiger partial charge in [0.15, 0.2) is 0 Å². The molecule has 3 heterocycles. The maximum atomic E-state index is 4.23. The van der Waals surface area contributed by atoms with E-state index in [0.717, 1.165) is 28.3 Å². The minimum Gasteiger partial charge on any atom is -0.246 e. The van der Waals surface area contributed by atoms with Gasteiger partial charge in [0.2, 0.25) is 0 Å². The number of rotatable bonds is 6. The Labute approximate surface area is 166 Å². The lowest BCUT2D eigenvalue weighted by molar-refractivity contribution is 0.629. The van der Waals surface area contributed by atoms with Crippen LogP contribution in [0, 0.1) is 0 Å². The van der Waals surface area contributed by atoms with Gasteiger partial charge in [-0.15, -0.1) is 15.3 Å². The van der Waals surface area contributed by atoms with Crippen LogP contribution >= 0.6 is 0 Å². The van der Waals surface area contributed by atoms with E-state index >= 15 is 0 Å². The summed E-state index contributed by atoms with van der Waals surface area (Å²) >= 11 is 0. The fourth-order valence-corrected chi connectivity index (χ4v) is 3.01. The first-order chi connectivity index (χ1) is 14.3. The van der Waals surface area contributed by atoms with E-state index in [2.05, 4.69) is 30.9 Å². The van der Waals surface area contributed by atoms with Crippen molar-refractivity contribution in [2.24, 2.45) is 0 Å². The quantitative estimate of drug-likeness (QED) is 0.446. The van der Waals surface area contributed by atoms with E-state index < -0.39 is 0 Å². The summed E-state index contributed by atoms with van der Waals surface area (Å²) in [5.74, 6) is 0. The molecule has 29 heavy (non-hydrogen) atoms. The number of nitrogens with zero attached hydrogens (tertiary/aromatic N) is 9. The Morgan fingerprint density at radius 1 is 0.586 bits per heavy atom.